The molecule has 3 N–H and O–H groups in total. The number of aliphatic hydroxyl groups is 3. The van der Waals surface area contributed by atoms with Crippen molar-refractivity contribution in [2.75, 3.05) is 0 Å². The number of rotatable bonds is 1. The van der Waals surface area contributed by atoms with E-state index in [2.05, 4.69) is 6.92 Å². The average molecular weight is 350 g/mol. The number of fused-ring (bicyclic) bond motifs is 5. The molecule has 4 fully saturated rings. The van der Waals surface area contributed by atoms with Gasteiger partial charge in [0.25, 0.3) is 0 Å². The first-order chi connectivity index (χ1) is 11.6. The molecule has 4 rings (SSSR count). The van der Waals surface area contributed by atoms with Crippen LogP contribution in [0.2, 0.25) is 0 Å². The Morgan fingerprint density at radius 2 is 1.84 bits per heavy atom. The molecule has 0 aromatic carbocycles. The molecule has 25 heavy (non-hydrogen) atoms. The van der Waals surface area contributed by atoms with Gasteiger partial charge in [-0.05, 0) is 75.0 Å². The van der Waals surface area contributed by atoms with Gasteiger partial charge in [-0.3, -0.25) is 4.79 Å². The maximum Gasteiger partial charge on any atom is 0.137 e. The lowest BCUT2D eigenvalue weighted by molar-refractivity contribution is -0.190. The van der Waals surface area contributed by atoms with Crippen molar-refractivity contribution < 1.29 is 20.1 Å². The largest absolute Gasteiger partial charge is 0.393 e. The van der Waals surface area contributed by atoms with E-state index in [0.717, 1.165) is 38.5 Å². The van der Waals surface area contributed by atoms with Gasteiger partial charge in [-0.1, -0.05) is 13.8 Å². The fourth-order valence-corrected chi connectivity index (χ4v) is 7.77. The lowest BCUT2D eigenvalue weighted by Gasteiger charge is -2.60. The molecule has 0 amide bonds. The average Bonchev–Trinajstić information content (AvgIpc) is 2.80. The number of aliphatic hydroxyl groups excluding tert-OH is 2. The van der Waals surface area contributed by atoms with Crippen molar-refractivity contribution in [2.24, 2.45) is 34.5 Å². The highest BCUT2D eigenvalue weighted by Gasteiger charge is 2.68. The molecular formula is C21H34O4. The molecule has 0 unspecified atom stereocenters. The van der Waals surface area contributed by atoms with E-state index in [1.54, 1.807) is 6.92 Å². The number of hydrogen-bond acceptors (Lipinski definition) is 4. The van der Waals surface area contributed by atoms with E-state index in [-0.39, 0.29) is 17.4 Å². The Kier molecular flexibility index (Phi) is 3.97. The molecule has 4 aliphatic carbocycles. The molecule has 0 heterocycles. The zero-order chi connectivity index (χ0) is 18.2. The van der Waals surface area contributed by atoms with Gasteiger partial charge in [0.05, 0.1) is 17.8 Å². The van der Waals surface area contributed by atoms with E-state index in [0.29, 0.717) is 36.4 Å². The number of carbonyl (C=O) groups excluding carboxylic acids is 1. The van der Waals surface area contributed by atoms with E-state index < -0.39 is 17.1 Å². The van der Waals surface area contributed by atoms with E-state index in [9.17, 15) is 20.1 Å². The maximum absolute atomic E-state index is 13.4. The first-order valence-corrected chi connectivity index (χ1v) is 10.2. The van der Waals surface area contributed by atoms with Crippen molar-refractivity contribution in [3.05, 3.63) is 0 Å². The molecule has 9 atom stereocenters. The summed E-state index contributed by atoms with van der Waals surface area (Å²) in [5, 5.41) is 31.6. The van der Waals surface area contributed by atoms with Crippen LogP contribution in [0.1, 0.15) is 72.1 Å². The van der Waals surface area contributed by atoms with Crippen LogP contribution in [0.25, 0.3) is 0 Å². The van der Waals surface area contributed by atoms with Crippen LogP contribution in [0.4, 0.5) is 0 Å². The Hall–Kier alpha value is -0.450. The van der Waals surface area contributed by atoms with E-state index >= 15 is 0 Å². The van der Waals surface area contributed by atoms with Crippen molar-refractivity contribution in [1.82, 2.24) is 0 Å². The molecule has 4 aliphatic rings. The number of carbonyl (C=O) groups is 1. The summed E-state index contributed by atoms with van der Waals surface area (Å²) in [7, 11) is 0. The monoisotopic (exact) mass is 350 g/mol. The Balaban J connectivity index is 1.70. The third kappa shape index (κ3) is 2.20. The van der Waals surface area contributed by atoms with Crippen LogP contribution in [0, 0.1) is 34.5 Å². The summed E-state index contributed by atoms with van der Waals surface area (Å²) in [6.07, 6.45) is 5.60. The predicted molar refractivity (Wildman–Crippen MR) is 94.8 cm³/mol. The lowest BCUT2D eigenvalue weighted by atomic mass is 9.44. The maximum atomic E-state index is 13.4. The molecule has 0 radical (unpaired) electrons. The quantitative estimate of drug-likeness (QED) is 0.679. The molecule has 4 heteroatoms. The van der Waals surface area contributed by atoms with Crippen molar-refractivity contribution in [3.8, 4) is 0 Å². The summed E-state index contributed by atoms with van der Waals surface area (Å²) in [5.41, 5.74) is -1.64. The highest BCUT2D eigenvalue weighted by Crippen LogP contribution is 2.67. The second kappa shape index (κ2) is 5.53. The molecule has 0 spiro atoms. The third-order valence-corrected chi connectivity index (χ3v) is 9.23. The van der Waals surface area contributed by atoms with Gasteiger partial charge >= 0.3 is 0 Å². The zero-order valence-corrected chi connectivity index (χ0v) is 15.9. The predicted octanol–water partition coefficient (Wildman–Crippen LogP) is 2.68. The summed E-state index contributed by atoms with van der Waals surface area (Å²) in [6, 6.07) is 0. The van der Waals surface area contributed by atoms with Gasteiger partial charge in [0.1, 0.15) is 5.78 Å². The number of ketones is 1. The SMILES string of the molecule is C[C@@H](O)[C@]1(O)CC[C@H]2[C@@H]3CC[C@H]4C[C@@H](O)CC[C@]4(C)[C@H]3C(=O)C[C@@]21C. The molecule has 0 aromatic heterocycles. The highest BCUT2D eigenvalue weighted by molar-refractivity contribution is 5.84. The fraction of sp³-hybridized carbons (Fsp3) is 0.952. The minimum absolute atomic E-state index is 0.00605. The number of hydrogen-bond donors (Lipinski definition) is 3. The van der Waals surface area contributed by atoms with Crippen molar-refractivity contribution in [3.63, 3.8) is 0 Å². The minimum atomic E-state index is -1.14. The molecule has 0 aliphatic heterocycles. The summed E-state index contributed by atoms with van der Waals surface area (Å²) in [5.74, 6) is 1.47. The normalized spacial score (nSPS) is 56.7. The van der Waals surface area contributed by atoms with E-state index in [1.807, 2.05) is 6.92 Å². The fourth-order valence-electron chi connectivity index (χ4n) is 7.77. The molecule has 4 nitrogen and oxygen atoms in total. The lowest BCUT2D eigenvalue weighted by Crippen LogP contribution is -2.62. The van der Waals surface area contributed by atoms with Gasteiger partial charge in [0, 0.05) is 17.8 Å². The topological polar surface area (TPSA) is 77.8 Å². The minimum Gasteiger partial charge on any atom is -0.393 e. The Labute approximate surface area is 151 Å². The zero-order valence-electron chi connectivity index (χ0n) is 15.9. The third-order valence-electron chi connectivity index (χ3n) is 9.23. The van der Waals surface area contributed by atoms with E-state index in [4.69, 9.17) is 0 Å². The van der Waals surface area contributed by atoms with Crippen LogP contribution in [-0.4, -0.2) is 38.9 Å². The van der Waals surface area contributed by atoms with Gasteiger partial charge < -0.3 is 15.3 Å². The summed E-state index contributed by atoms with van der Waals surface area (Å²) in [6.45, 7) is 6.01. The summed E-state index contributed by atoms with van der Waals surface area (Å²) < 4.78 is 0. The Bertz CT molecular complexity index is 574. The van der Waals surface area contributed by atoms with Crippen LogP contribution in [-0.2, 0) is 4.79 Å². The standard InChI is InChI=1S/C21H34O4/c1-12(22)21(25)9-7-16-15-5-4-13-10-14(23)6-8-19(13,2)18(15)17(24)11-20(16,21)3/h12-16,18,22-23,25H,4-11H2,1-3H3/t12-,13+,14+,15+,16+,18-,19+,20+,21-/m1/s1. The Morgan fingerprint density at radius 1 is 1.12 bits per heavy atom. The van der Waals surface area contributed by atoms with Gasteiger partial charge in [0.2, 0.25) is 0 Å². The van der Waals surface area contributed by atoms with Gasteiger partial charge in [0.15, 0.2) is 0 Å². The van der Waals surface area contributed by atoms with Crippen molar-refractivity contribution in [2.45, 2.75) is 89.9 Å². The first-order valence-electron chi connectivity index (χ1n) is 10.2. The first kappa shape index (κ1) is 17.9. The van der Waals surface area contributed by atoms with Crippen LogP contribution in [0.15, 0.2) is 0 Å². The Morgan fingerprint density at radius 3 is 2.52 bits per heavy atom. The molecule has 142 valence electrons. The molecule has 0 saturated heterocycles. The van der Waals surface area contributed by atoms with Crippen molar-refractivity contribution in [1.29, 1.82) is 0 Å². The van der Waals surface area contributed by atoms with Gasteiger partial charge in [-0.2, -0.15) is 0 Å². The molecule has 0 aromatic rings. The molecular weight excluding hydrogens is 316 g/mol. The van der Waals surface area contributed by atoms with Crippen molar-refractivity contribution >= 4 is 5.78 Å². The van der Waals surface area contributed by atoms with Crippen LogP contribution < -0.4 is 0 Å². The van der Waals surface area contributed by atoms with E-state index in [1.165, 1.54) is 0 Å². The molecule has 0 bridgehead atoms. The smallest absolute Gasteiger partial charge is 0.137 e. The van der Waals surface area contributed by atoms with Crippen LogP contribution in [0.3, 0.4) is 0 Å². The second-order valence-corrected chi connectivity index (χ2v) is 10.2. The van der Waals surface area contributed by atoms with Gasteiger partial charge in [-0.15, -0.1) is 0 Å². The summed E-state index contributed by atoms with van der Waals surface area (Å²) in [4.78, 5) is 13.4. The second-order valence-electron chi connectivity index (χ2n) is 10.2. The summed E-state index contributed by atoms with van der Waals surface area (Å²) >= 11 is 0. The van der Waals surface area contributed by atoms with Crippen LogP contribution in [0.5, 0.6) is 0 Å². The van der Waals surface area contributed by atoms with Crippen LogP contribution >= 0.6 is 0 Å². The highest BCUT2D eigenvalue weighted by atomic mass is 16.3. The van der Waals surface area contributed by atoms with Gasteiger partial charge in [-0.25, -0.2) is 0 Å². The molecule has 4 saturated carbocycles. The number of Topliss-reactive ketones (excluding diaryl/α,β-unsaturated/α-hetero) is 1.